The number of pyridine rings is 1. The highest BCUT2D eigenvalue weighted by molar-refractivity contribution is 9.11. The minimum Gasteiger partial charge on any atom is -0.310 e. The molecule has 1 aromatic rings. The van der Waals surface area contributed by atoms with E-state index in [9.17, 15) is 0 Å². The molecular formula is C14H18Br2N2. The van der Waals surface area contributed by atoms with Crippen molar-refractivity contribution in [1.29, 1.82) is 0 Å². The van der Waals surface area contributed by atoms with E-state index in [0.717, 1.165) is 27.2 Å². The fourth-order valence-corrected chi connectivity index (χ4v) is 2.78. The molecular weight excluding hydrogens is 356 g/mol. The maximum atomic E-state index is 4.44. The molecule has 18 heavy (non-hydrogen) atoms. The second kappa shape index (κ2) is 6.31. The molecule has 0 bridgehead atoms. The van der Waals surface area contributed by atoms with Crippen LogP contribution < -0.4 is 5.32 Å². The van der Waals surface area contributed by atoms with Gasteiger partial charge in [-0.15, -0.1) is 0 Å². The van der Waals surface area contributed by atoms with E-state index in [2.05, 4.69) is 62.1 Å². The average Bonchev–Trinajstić information content (AvgIpc) is 3.10. The van der Waals surface area contributed by atoms with Crippen molar-refractivity contribution in [2.24, 2.45) is 5.92 Å². The van der Waals surface area contributed by atoms with Crippen LogP contribution in [0.15, 0.2) is 26.8 Å². The van der Waals surface area contributed by atoms with Crippen molar-refractivity contribution >= 4 is 37.9 Å². The highest BCUT2D eigenvalue weighted by Gasteiger charge is 2.20. The Kier molecular flexibility index (Phi) is 4.98. The Balaban J connectivity index is 2.14. The van der Waals surface area contributed by atoms with Crippen molar-refractivity contribution in [2.45, 2.75) is 32.7 Å². The molecule has 2 nitrogen and oxygen atoms in total. The van der Waals surface area contributed by atoms with Crippen molar-refractivity contribution in [1.82, 2.24) is 10.3 Å². The van der Waals surface area contributed by atoms with Gasteiger partial charge < -0.3 is 5.32 Å². The molecule has 1 heterocycles. The summed E-state index contributed by atoms with van der Waals surface area (Å²) in [6, 6.07) is 2.78. The number of nitrogens with one attached hydrogen (secondary N) is 1. The van der Waals surface area contributed by atoms with Crippen molar-refractivity contribution in [2.75, 3.05) is 6.54 Å². The van der Waals surface area contributed by atoms with Gasteiger partial charge in [0.15, 0.2) is 0 Å². The lowest BCUT2D eigenvalue weighted by Gasteiger charge is -2.13. The summed E-state index contributed by atoms with van der Waals surface area (Å²) < 4.78 is 2.02. The normalized spacial score (nSPS) is 16.4. The average molecular weight is 374 g/mol. The van der Waals surface area contributed by atoms with Crippen LogP contribution in [0, 0.1) is 5.92 Å². The summed E-state index contributed by atoms with van der Waals surface area (Å²) in [6.45, 7) is 5.42. The molecule has 0 unspecified atom stereocenters. The summed E-state index contributed by atoms with van der Waals surface area (Å²) in [5, 5.41) is 3.57. The van der Waals surface area contributed by atoms with Gasteiger partial charge in [0.05, 0.1) is 5.69 Å². The molecule has 2 rings (SSSR count). The fraction of sp³-hybridized carbons (Fsp3) is 0.500. The second-order valence-corrected chi connectivity index (χ2v) is 6.82. The Morgan fingerprint density at radius 1 is 1.50 bits per heavy atom. The van der Waals surface area contributed by atoms with Crippen LogP contribution in [0.4, 0.5) is 0 Å². The van der Waals surface area contributed by atoms with Crippen LogP contribution in [-0.2, 0) is 0 Å². The Morgan fingerprint density at radius 2 is 2.22 bits per heavy atom. The first-order chi connectivity index (χ1) is 8.56. The van der Waals surface area contributed by atoms with E-state index < -0.39 is 0 Å². The molecule has 1 saturated carbocycles. The zero-order valence-corrected chi connectivity index (χ0v) is 13.9. The van der Waals surface area contributed by atoms with Crippen LogP contribution >= 0.6 is 31.9 Å². The molecule has 0 atom stereocenters. The molecule has 0 aromatic carbocycles. The third-order valence-electron chi connectivity index (χ3n) is 3.07. The van der Waals surface area contributed by atoms with E-state index in [1.165, 1.54) is 18.4 Å². The predicted molar refractivity (Wildman–Crippen MR) is 83.5 cm³/mol. The third-order valence-corrected chi connectivity index (χ3v) is 4.14. The number of nitrogens with zero attached hydrogens (tertiary/aromatic N) is 1. The van der Waals surface area contributed by atoms with Crippen LogP contribution in [0.1, 0.15) is 32.4 Å². The van der Waals surface area contributed by atoms with Gasteiger partial charge in [-0.1, -0.05) is 19.4 Å². The van der Waals surface area contributed by atoms with Gasteiger partial charge in [0, 0.05) is 27.7 Å². The largest absolute Gasteiger partial charge is 0.310 e. The lowest BCUT2D eigenvalue weighted by molar-refractivity contribution is 0.662. The van der Waals surface area contributed by atoms with Crippen LogP contribution in [0.3, 0.4) is 0 Å². The van der Waals surface area contributed by atoms with Gasteiger partial charge in [0.25, 0.3) is 0 Å². The highest BCUT2D eigenvalue weighted by atomic mass is 79.9. The summed E-state index contributed by atoms with van der Waals surface area (Å²) in [4.78, 5) is 4.44. The predicted octanol–water partition coefficient (Wildman–Crippen LogP) is 4.40. The summed E-state index contributed by atoms with van der Waals surface area (Å²) in [5.41, 5.74) is 2.40. The van der Waals surface area contributed by atoms with Gasteiger partial charge in [0.2, 0.25) is 0 Å². The van der Waals surface area contributed by atoms with Gasteiger partial charge in [0.1, 0.15) is 0 Å². The van der Waals surface area contributed by atoms with Gasteiger partial charge in [-0.25, -0.2) is 0 Å². The standard InChI is InChI=1S/C14H18Br2N2/c1-9(2)10(7-17-12-3-4-12)5-14-13(16)6-11(15)8-18-14/h5-6,8-9,12,17H,3-4,7H2,1-2H3. The van der Waals surface area contributed by atoms with Gasteiger partial charge in [-0.05, 0) is 62.8 Å². The van der Waals surface area contributed by atoms with E-state index >= 15 is 0 Å². The number of aromatic nitrogens is 1. The lowest BCUT2D eigenvalue weighted by atomic mass is 10.0. The van der Waals surface area contributed by atoms with Crippen LogP contribution in [0.5, 0.6) is 0 Å². The van der Waals surface area contributed by atoms with Crippen LogP contribution in [0.25, 0.3) is 6.08 Å². The van der Waals surface area contributed by atoms with Gasteiger partial charge in [-0.2, -0.15) is 0 Å². The third kappa shape index (κ3) is 4.18. The quantitative estimate of drug-likeness (QED) is 0.827. The highest BCUT2D eigenvalue weighted by Crippen LogP contribution is 2.24. The van der Waals surface area contributed by atoms with Crippen molar-refractivity contribution < 1.29 is 0 Å². The van der Waals surface area contributed by atoms with E-state index in [-0.39, 0.29) is 0 Å². The van der Waals surface area contributed by atoms with E-state index in [1.807, 2.05) is 12.3 Å². The molecule has 1 aliphatic carbocycles. The van der Waals surface area contributed by atoms with Crippen LogP contribution in [0.2, 0.25) is 0 Å². The molecule has 0 amide bonds. The smallest absolute Gasteiger partial charge is 0.0772 e. The topological polar surface area (TPSA) is 24.9 Å². The Bertz CT molecular complexity index is 451. The molecule has 1 aromatic heterocycles. The molecule has 1 fully saturated rings. The first-order valence-electron chi connectivity index (χ1n) is 6.31. The summed E-state index contributed by atoms with van der Waals surface area (Å²) in [7, 11) is 0. The van der Waals surface area contributed by atoms with E-state index in [4.69, 9.17) is 0 Å². The monoisotopic (exact) mass is 372 g/mol. The fourth-order valence-electron chi connectivity index (χ4n) is 1.68. The maximum absolute atomic E-state index is 4.44. The van der Waals surface area contributed by atoms with Gasteiger partial charge in [-0.3, -0.25) is 4.98 Å². The zero-order valence-electron chi connectivity index (χ0n) is 10.7. The molecule has 0 aliphatic heterocycles. The Morgan fingerprint density at radius 3 is 2.78 bits per heavy atom. The SMILES string of the molecule is CC(C)C(=Cc1ncc(Br)cc1Br)CNC1CC1. The molecule has 4 heteroatoms. The molecule has 98 valence electrons. The molecule has 0 spiro atoms. The Hall–Kier alpha value is -0.190. The van der Waals surface area contributed by atoms with E-state index in [0.29, 0.717) is 5.92 Å². The number of hydrogen-bond acceptors (Lipinski definition) is 2. The minimum atomic E-state index is 0.536. The first kappa shape index (κ1) is 14.2. The summed E-state index contributed by atoms with van der Waals surface area (Å²) in [6.07, 6.45) is 6.68. The van der Waals surface area contributed by atoms with Crippen molar-refractivity contribution in [3.05, 3.63) is 32.5 Å². The van der Waals surface area contributed by atoms with Crippen LogP contribution in [-0.4, -0.2) is 17.6 Å². The van der Waals surface area contributed by atoms with Crippen molar-refractivity contribution in [3.8, 4) is 0 Å². The maximum Gasteiger partial charge on any atom is 0.0772 e. The minimum absolute atomic E-state index is 0.536. The molecule has 0 saturated heterocycles. The molecule has 1 aliphatic rings. The summed E-state index contributed by atoms with van der Waals surface area (Å²) in [5.74, 6) is 0.536. The Labute approximate surface area is 126 Å². The second-order valence-electron chi connectivity index (χ2n) is 5.05. The zero-order chi connectivity index (χ0) is 13.1. The molecule has 0 radical (unpaired) electrons. The lowest BCUT2D eigenvalue weighted by Crippen LogP contribution is -2.21. The van der Waals surface area contributed by atoms with E-state index in [1.54, 1.807) is 0 Å². The van der Waals surface area contributed by atoms with Gasteiger partial charge >= 0.3 is 0 Å². The number of rotatable bonds is 5. The summed E-state index contributed by atoms with van der Waals surface area (Å²) >= 11 is 6.98. The van der Waals surface area contributed by atoms with Crippen molar-refractivity contribution in [3.63, 3.8) is 0 Å². The number of halogens is 2. The molecule has 1 N–H and O–H groups in total. The first-order valence-corrected chi connectivity index (χ1v) is 7.89. The number of hydrogen-bond donors (Lipinski definition) is 1.